The molecule has 2 rings (SSSR count). The number of guanidine groups is 1. The first kappa shape index (κ1) is 23.0. The Bertz CT molecular complexity index is 585. The summed E-state index contributed by atoms with van der Waals surface area (Å²) in [5, 5.41) is 9.20. The molecule has 1 saturated heterocycles. The Labute approximate surface area is 180 Å². The van der Waals surface area contributed by atoms with Gasteiger partial charge in [-0.25, -0.2) is 0 Å². The number of halogens is 2. The third-order valence-corrected chi connectivity index (χ3v) is 4.52. The van der Waals surface area contributed by atoms with Crippen LogP contribution in [0.3, 0.4) is 0 Å². The number of nitrogens with one attached hydrogen (secondary N) is 3. The molecular weight excluding hydrogens is 513 g/mol. The van der Waals surface area contributed by atoms with Gasteiger partial charge >= 0.3 is 0 Å². The molecule has 0 spiro atoms. The van der Waals surface area contributed by atoms with Crippen LogP contribution >= 0.6 is 39.9 Å². The fraction of sp³-hybridized carbons (Fsp3) is 0.529. The molecule has 1 aromatic carbocycles. The molecule has 0 aromatic heterocycles. The number of carbonyl (C=O) groups is 1. The largest absolute Gasteiger partial charge is 0.383 e. The number of methoxy groups -OCH3 is 1. The van der Waals surface area contributed by atoms with E-state index in [-0.39, 0.29) is 36.4 Å². The van der Waals surface area contributed by atoms with E-state index in [1.165, 1.54) is 5.69 Å². The summed E-state index contributed by atoms with van der Waals surface area (Å²) >= 11 is 3.46. The number of aliphatic imine (C=N–C) groups is 1. The molecule has 1 fully saturated rings. The van der Waals surface area contributed by atoms with Crippen LogP contribution in [-0.2, 0) is 9.53 Å². The Kier molecular flexibility index (Phi) is 10.9. The third-order valence-electron chi connectivity index (χ3n) is 3.99. The predicted octanol–water partition coefficient (Wildman–Crippen LogP) is 1.57. The maximum Gasteiger partial charge on any atom is 0.239 e. The lowest BCUT2D eigenvalue weighted by molar-refractivity contribution is -0.120. The maximum absolute atomic E-state index is 11.7. The van der Waals surface area contributed by atoms with Crippen LogP contribution in [0.25, 0.3) is 0 Å². The normalized spacial score (nSPS) is 16.8. The van der Waals surface area contributed by atoms with Crippen molar-refractivity contribution in [3.8, 4) is 0 Å². The van der Waals surface area contributed by atoms with Crippen LogP contribution in [0.5, 0.6) is 0 Å². The summed E-state index contributed by atoms with van der Waals surface area (Å²) in [5.41, 5.74) is 1.22. The predicted molar refractivity (Wildman–Crippen MR) is 120 cm³/mol. The number of benzene rings is 1. The van der Waals surface area contributed by atoms with Gasteiger partial charge in [0.2, 0.25) is 5.91 Å². The van der Waals surface area contributed by atoms with Crippen molar-refractivity contribution < 1.29 is 9.53 Å². The number of anilines is 1. The van der Waals surface area contributed by atoms with Gasteiger partial charge in [-0.3, -0.25) is 9.79 Å². The summed E-state index contributed by atoms with van der Waals surface area (Å²) in [4.78, 5) is 18.3. The molecule has 26 heavy (non-hydrogen) atoms. The summed E-state index contributed by atoms with van der Waals surface area (Å²) in [5.74, 6) is 0.562. The molecular formula is C17H27BrIN5O2. The van der Waals surface area contributed by atoms with Crippen molar-refractivity contribution in [2.75, 3.05) is 51.8 Å². The lowest BCUT2D eigenvalue weighted by Crippen LogP contribution is -2.47. The third kappa shape index (κ3) is 7.67. The van der Waals surface area contributed by atoms with Gasteiger partial charge in [0.1, 0.15) is 0 Å². The summed E-state index contributed by atoms with van der Waals surface area (Å²) < 4.78 is 5.98. The Balaban J connectivity index is 0.00000338. The van der Waals surface area contributed by atoms with Crippen LogP contribution in [-0.4, -0.2) is 64.9 Å². The minimum atomic E-state index is -0.0806. The Morgan fingerprint density at radius 3 is 2.73 bits per heavy atom. The van der Waals surface area contributed by atoms with Crippen molar-refractivity contribution in [3.63, 3.8) is 0 Å². The first-order valence-electron chi connectivity index (χ1n) is 8.35. The summed E-state index contributed by atoms with van der Waals surface area (Å²) in [6.07, 6.45) is 1.02. The lowest BCUT2D eigenvalue weighted by Gasteiger charge is -2.20. The van der Waals surface area contributed by atoms with Crippen LogP contribution in [0.4, 0.5) is 5.69 Å². The second-order valence-corrected chi connectivity index (χ2v) is 6.74. The van der Waals surface area contributed by atoms with Gasteiger partial charge in [-0.05, 0) is 30.7 Å². The Morgan fingerprint density at radius 1 is 1.35 bits per heavy atom. The summed E-state index contributed by atoms with van der Waals surface area (Å²) in [6, 6.07) is 8.64. The minimum Gasteiger partial charge on any atom is -0.383 e. The molecule has 0 bridgehead atoms. The van der Waals surface area contributed by atoms with Crippen LogP contribution < -0.4 is 20.9 Å². The molecule has 1 aromatic rings. The standard InChI is InChI=1S/C17H26BrN5O2.HI/c1-19-17(21-11-16(24)20-8-10-25-2)22-14-7-9-23(12-14)15-5-3-13(18)4-6-15;/h3-6,14H,7-12H2,1-2H3,(H,20,24)(H2,19,21,22);1H. The van der Waals surface area contributed by atoms with Gasteiger partial charge in [0, 0.05) is 50.0 Å². The van der Waals surface area contributed by atoms with E-state index in [1.54, 1.807) is 14.2 Å². The van der Waals surface area contributed by atoms with Crippen LogP contribution in [0, 0.1) is 0 Å². The van der Waals surface area contributed by atoms with E-state index < -0.39 is 0 Å². The topological polar surface area (TPSA) is 78.0 Å². The van der Waals surface area contributed by atoms with Gasteiger partial charge in [0.05, 0.1) is 13.2 Å². The number of hydrogen-bond acceptors (Lipinski definition) is 4. The van der Waals surface area contributed by atoms with Crippen molar-refractivity contribution in [1.29, 1.82) is 0 Å². The van der Waals surface area contributed by atoms with E-state index in [4.69, 9.17) is 4.74 Å². The van der Waals surface area contributed by atoms with E-state index in [1.807, 2.05) is 0 Å². The fourth-order valence-corrected chi connectivity index (χ4v) is 2.94. The molecule has 7 nitrogen and oxygen atoms in total. The van der Waals surface area contributed by atoms with E-state index in [9.17, 15) is 4.79 Å². The van der Waals surface area contributed by atoms with Crippen LogP contribution in [0.2, 0.25) is 0 Å². The van der Waals surface area contributed by atoms with Crippen molar-refractivity contribution in [2.45, 2.75) is 12.5 Å². The number of ether oxygens (including phenoxy) is 1. The highest BCUT2D eigenvalue weighted by atomic mass is 127. The van der Waals surface area contributed by atoms with Gasteiger partial charge in [-0.1, -0.05) is 15.9 Å². The van der Waals surface area contributed by atoms with Gasteiger partial charge in [-0.2, -0.15) is 0 Å². The zero-order valence-electron chi connectivity index (χ0n) is 15.1. The summed E-state index contributed by atoms with van der Waals surface area (Å²) in [7, 11) is 3.31. The number of amides is 1. The molecule has 1 heterocycles. The van der Waals surface area contributed by atoms with E-state index >= 15 is 0 Å². The van der Waals surface area contributed by atoms with Crippen molar-refractivity contribution in [2.24, 2.45) is 4.99 Å². The van der Waals surface area contributed by atoms with Crippen molar-refractivity contribution in [3.05, 3.63) is 28.7 Å². The number of nitrogens with zero attached hydrogens (tertiary/aromatic N) is 2. The highest BCUT2D eigenvalue weighted by Crippen LogP contribution is 2.22. The molecule has 146 valence electrons. The average Bonchev–Trinajstić information content (AvgIpc) is 3.08. The number of hydrogen-bond donors (Lipinski definition) is 3. The zero-order valence-corrected chi connectivity index (χ0v) is 19.0. The quantitative estimate of drug-likeness (QED) is 0.212. The SMILES string of the molecule is CN=C(NCC(=O)NCCOC)NC1CCN(c2ccc(Br)cc2)C1.I. The Hall–Kier alpha value is -1.07. The highest BCUT2D eigenvalue weighted by Gasteiger charge is 2.23. The van der Waals surface area contributed by atoms with Crippen LogP contribution in [0.15, 0.2) is 33.7 Å². The van der Waals surface area contributed by atoms with Crippen molar-refractivity contribution >= 4 is 57.5 Å². The average molecular weight is 540 g/mol. The maximum atomic E-state index is 11.7. The minimum absolute atomic E-state index is 0. The second kappa shape index (κ2) is 12.3. The van der Waals surface area contributed by atoms with E-state index in [2.05, 4.69) is 66.0 Å². The zero-order chi connectivity index (χ0) is 18.1. The van der Waals surface area contributed by atoms with Gasteiger partial charge in [-0.15, -0.1) is 24.0 Å². The lowest BCUT2D eigenvalue weighted by atomic mass is 10.3. The van der Waals surface area contributed by atoms with E-state index in [0.717, 1.165) is 24.0 Å². The molecule has 1 aliphatic rings. The molecule has 3 N–H and O–H groups in total. The van der Waals surface area contributed by atoms with Crippen LogP contribution in [0.1, 0.15) is 6.42 Å². The molecule has 0 saturated carbocycles. The molecule has 1 atom stereocenters. The van der Waals surface area contributed by atoms with Gasteiger partial charge in [0.15, 0.2) is 5.96 Å². The highest BCUT2D eigenvalue weighted by molar-refractivity contribution is 14.0. The number of carbonyl (C=O) groups excluding carboxylic acids is 1. The first-order valence-corrected chi connectivity index (χ1v) is 9.15. The molecule has 1 aliphatic heterocycles. The molecule has 0 aliphatic carbocycles. The fourth-order valence-electron chi connectivity index (χ4n) is 2.67. The Morgan fingerprint density at radius 2 is 2.08 bits per heavy atom. The van der Waals surface area contributed by atoms with E-state index in [0.29, 0.717) is 25.2 Å². The molecule has 9 heteroatoms. The summed E-state index contributed by atoms with van der Waals surface area (Å²) in [6.45, 7) is 3.10. The number of rotatable bonds is 7. The first-order chi connectivity index (χ1) is 12.1. The van der Waals surface area contributed by atoms with Gasteiger partial charge < -0.3 is 25.6 Å². The second-order valence-electron chi connectivity index (χ2n) is 5.82. The molecule has 1 unspecified atom stereocenters. The smallest absolute Gasteiger partial charge is 0.239 e. The monoisotopic (exact) mass is 539 g/mol. The van der Waals surface area contributed by atoms with Crippen molar-refractivity contribution in [1.82, 2.24) is 16.0 Å². The molecule has 1 amide bonds. The van der Waals surface area contributed by atoms with Gasteiger partial charge in [0.25, 0.3) is 0 Å². The molecule has 0 radical (unpaired) electrons.